The summed E-state index contributed by atoms with van der Waals surface area (Å²) in [5.74, 6) is 1.69. The third kappa shape index (κ3) is 4.42. The topological polar surface area (TPSA) is 126 Å². The predicted molar refractivity (Wildman–Crippen MR) is 117 cm³/mol. The highest BCUT2D eigenvalue weighted by molar-refractivity contribution is 5.92. The fraction of sp³-hybridized carbons (Fsp3) is 0.435. The number of nitrogens with one attached hydrogen (secondary N) is 3. The minimum absolute atomic E-state index is 0.128. The van der Waals surface area contributed by atoms with E-state index in [-0.39, 0.29) is 35.5 Å². The quantitative estimate of drug-likeness (QED) is 0.500. The van der Waals surface area contributed by atoms with Crippen molar-refractivity contribution in [2.45, 2.75) is 51.6 Å². The summed E-state index contributed by atoms with van der Waals surface area (Å²) < 4.78 is 5.70. The number of benzene rings is 1. The Kier molecular flexibility index (Phi) is 5.24. The van der Waals surface area contributed by atoms with Crippen LogP contribution in [0.2, 0.25) is 0 Å². The van der Waals surface area contributed by atoms with E-state index in [1.54, 1.807) is 0 Å². The molecule has 9 heteroatoms. The Morgan fingerprint density at radius 3 is 2.38 bits per heavy atom. The molecule has 0 bridgehead atoms. The second-order valence-electron chi connectivity index (χ2n) is 8.82. The molecular formula is C23H26N6O3. The maximum absolute atomic E-state index is 12.4. The lowest BCUT2D eigenvalue weighted by atomic mass is 10.1. The normalized spacial score (nSPS) is 17.6. The SMILES string of the molecule is C[C@H](NC(=O)c1cnc(-c2cccc(-c3n[nH]c(C(=O)N[C@H](C)C4CC4)n3)c2)o1)C1CC1. The second-order valence-corrected chi connectivity index (χ2v) is 8.82. The summed E-state index contributed by atoms with van der Waals surface area (Å²) in [6.45, 7) is 4.02. The molecule has 9 nitrogen and oxygen atoms in total. The number of hydrogen-bond acceptors (Lipinski definition) is 6. The lowest BCUT2D eigenvalue weighted by Crippen LogP contribution is -2.34. The smallest absolute Gasteiger partial charge is 0.288 e. The number of nitrogens with zero attached hydrogens (tertiary/aromatic N) is 3. The van der Waals surface area contributed by atoms with Crippen molar-refractivity contribution in [2.75, 3.05) is 0 Å². The van der Waals surface area contributed by atoms with Crippen molar-refractivity contribution < 1.29 is 14.0 Å². The van der Waals surface area contributed by atoms with E-state index >= 15 is 0 Å². The number of aromatic nitrogens is 4. The molecule has 5 rings (SSSR count). The molecule has 2 amide bonds. The lowest BCUT2D eigenvalue weighted by Gasteiger charge is -2.10. The van der Waals surface area contributed by atoms with Crippen molar-refractivity contribution in [2.24, 2.45) is 11.8 Å². The van der Waals surface area contributed by atoms with Gasteiger partial charge in [0.25, 0.3) is 11.8 Å². The Morgan fingerprint density at radius 2 is 1.69 bits per heavy atom. The molecular weight excluding hydrogens is 408 g/mol. The third-order valence-electron chi connectivity index (χ3n) is 6.17. The van der Waals surface area contributed by atoms with Crippen molar-refractivity contribution >= 4 is 11.8 Å². The van der Waals surface area contributed by atoms with Crippen LogP contribution in [0, 0.1) is 11.8 Å². The van der Waals surface area contributed by atoms with E-state index in [0.29, 0.717) is 34.7 Å². The summed E-state index contributed by atoms with van der Waals surface area (Å²) in [7, 11) is 0. The molecule has 0 aliphatic heterocycles. The maximum Gasteiger partial charge on any atom is 0.288 e. The van der Waals surface area contributed by atoms with Gasteiger partial charge in [-0.25, -0.2) is 9.97 Å². The van der Waals surface area contributed by atoms with Crippen LogP contribution in [0.3, 0.4) is 0 Å². The molecule has 0 unspecified atom stereocenters. The first-order valence-corrected chi connectivity index (χ1v) is 11.1. The zero-order chi connectivity index (χ0) is 22.2. The minimum atomic E-state index is -0.261. The average Bonchev–Trinajstić information content (AvgIpc) is 3.72. The average molecular weight is 435 g/mol. The molecule has 2 fully saturated rings. The van der Waals surface area contributed by atoms with Crippen molar-refractivity contribution in [1.29, 1.82) is 0 Å². The van der Waals surface area contributed by atoms with Crippen LogP contribution in [0.1, 0.15) is 60.7 Å². The number of amides is 2. The Hall–Kier alpha value is -3.49. The molecule has 0 spiro atoms. The molecule has 2 aromatic heterocycles. The van der Waals surface area contributed by atoms with Crippen LogP contribution < -0.4 is 10.6 Å². The third-order valence-corrected chi connectivity index (χ3v) is 6.17. The highest BCUT2D eigenvalue weighted by Gasteiger charge is 2.30. The van der Waals surface area contributed by atoms with E-state index in [2.05, 4.69) is 30.8 Å². The van der Waals surface area contributed by atoms with Gasteiger partial charge < -0.3 is 15.1 Å². The van der Waals surface area contributed by atoms with Crippen LogP contribution >= 0.6 is 0 Å². The number of rotatable bonds is 8. The number of hydrogen-bond donors (Lipinski definition) is 3. The van der Waals surface area contributed by atoms with Gasteiger partial charge in [0.15, 0.2) is 5.82 Å². The predicted octanol–water partition coefficient (Wildman–Crippen LogP) is 3.18. The van der Waals surface area contributed by atoms with Gasteiger partial charge in [0, 0.05) is 23.2 Å². The number of H-pyrrole nitrogens is 1. The van der Waals surface area contributed by atoms with E-state index in [1.807, 2.05) is 38.1 Å². The summed E-state index contributed by atoms with van der Waals surface area (Å²) in [6, 6.07) is 7.58. The molecule has 166 valence electrons. The zero-order valence-corrected chi connectivity index (χ0v) is 18.1. The fourth-order valence-electron chi connectivity index (χ4n) is 3.78. The molecule has 3 N–H and O–H groups in total. The van der Waals surface area contributed by atoms with Crippen LogP contribution in [0.4, 0.5) is 0 Å². The molecule has 2 heterocycles. The molecule has 0 saturated heterocycles. The fourth-order valence-corrected chi connectivity index (χ4v) is 3.78. The molecule has 3 aromatic rings. The number of aromatic amines is 1. The summed E-state index contributed by atoms with van der Waals surface area (Å²) in [5, 5.41) is 12.8. The summed E-state index contributed by atoms with van der Waals surface area (Å²) in [5.41, 5.74) is 1.40. The highest BCUT2D eigenvalue weighted by Crippen LogP contribution is 2.33. The van der Waals surface area contributed by atoms with Gasteiger partial charge in [-0.05, 0) is 63.5 Å². The van der Waals surface area contributed by atoms with Crippen LogP contribution in [0.5, 0.6) is 0 Å². The Bertz CT molecular complexity index is 1060. The largest absolute Gasteiger partial charge is 0.431 e. The van der Waals surface area contributed by atoms with Crippen LogP contribution in [-0.4, -0.2) is 44.1 Å². The molecule has 0 radical (unpaired) electrons. The van der Waals surface area contributed by atoms with Gasteiger partial charge in [-0.1, -0.05) is 12.1 Å². The van der Waals surface area contributed by atoms with Gasteiger partial charge in [0.1, 0.15) is 0 Å². The summed E-state index contributed by atoms with van der Waals surface area (Å²) in [6.07, 6.45) is 6.05. The lowest BCUT2D eigenvalue weighted by molar-refractivity contribution is 0.0905. The van der Waals surface area contributed by atoms with E-state index < -0.39 is 0 Å². The van der Waals surface area contributed by atoms with E-state index in [0.717, 1.165) is 25.7 Å². The van der Waals surface area contributed by atoms with Crippen LogP contribution in [-0.2, 0) is 0 Å². The Morgan fingerprint density at radius 1 is 1.03 bits per heavy atom. The van der Waals surface area contributed by atoms with Crippen molar-refractivity contribution in [3.05, 3.63) is 42.0 Å². The second kappa shape index (κ2) is 8.22. The standard InChI is InChI=1S/C23H26N6O3/c1-12(14-6-7-14)25-21(30)18-11-24-23(32-18)17-5-3-4-16(10-17)19-27-20(29-28-19)22(31)26-13(2)15-8-9-15/h3-5,10-15H,6-9H2,1-2H3,(H,25,30)(H,26,31)(H,27,28,29)/t12-,13+/m0/s1. The number of carbonyl (C=O) groups excluding carboxylic acids is 2. The van der Waals surface area contributed by atoms with Crippen molar-refractivity contribution in [1.82, 2.24) is 30.8 Å². The Labute approximate surface area is 185 Å². The monoisotopic (exact) mass is 434 g/mol. The first kappa shape index (κ1) is 20.4. The van der Waals surface area contributed by atoms with Gasteiger partial charge in [-0.2, -0.15) is 5.10 Å². The molecule has 2 aliphatic carbocycles. The van der Waals surface area contributed by atoms with Gasteiger partial charge in [0.05, 0.1) is 6.20 Å². The van der Waals surface area contributed by atoms with Crippen molar-refractivity contribution in [3.63, 3.8) is 0 Å². The van der Waals surface area contributed by atoms with Gasteiger partial charge in [0.2, 0.25) is 17.5 Å². The first-order chi connectivity index (χ1) is 15.5. The van der Waals surface area contributed by atoms with Crippen molar-refractivity contribution in [3.8, 4) is 22.8 Å². The zero-order valence-electron chi connectivity index (χ0n) is 18.1. The van der Waals surface area contributed by atoms with E-state index in [4.69, 9.17) is 4.42 Å². The highest BCUT2D eigenvalue weighted by atomic mass is 16.4. The van der Waals surface area contributed by atoms with Gasteiger partial charge in [-0.3, -0.25) is 14.7 Å². The van der Waals surface area contributed by atoms with Crippen LogP contribution in [0.25, 0.3) is 22.8 Å². The Balaban J connectivity index is 1.29. The summed E-state index contributed by atoms with van der Waals surface area (Å²) >= 11 is 0. The molecule has 2 saturated carbocycles. The van der Waals surface area contributed by atoms with Gasteiger partial charge >= 0.3 is 0 Å². The van der Waals surface area contributed by atoms with E-state index in [1.165, 1.54) is 6.20 Å². The number of oxazole rings is 1. The summed E-state index contributed by atoms with van der Waals surface area (Å²) in [4.78, 5) is 33.4. The van der Waals surface area contributed by atoms with Gasteiger partial charge in [-0.15, -0.1) is 0 Å². The minimum Gasteiger partial charge on any atom is -0.431 e. The number of carbonyl (C=O) groups is 2. The molecule has 32 heavy (non-hydrogen) atoms. The first-order valence-electron chi connectivity index (χ1n) is 11.1. The maximum atomic E-state index is 12.4. The molecule has 1 aromatic carbocycles. The van der Waals surface area contributed by atoms with Crippen LogP contribution in [0.15, 0.2) is 34.9 Å². The molecule has 2 atom stereocenters. The molecule has 2 aliphatic rings. The van der Waals surface area contributed by atoms with E-state index in [9.17, 15) is 9.59 Å².